The molecule has 1 aromatic rings. The van der Waals surface area contributed by atoms with Crippen LogP contribution in [0.3, 0.4) is 0 Å². The van der Waals surface area contributed by atoms with Gasteiger partial charge in [-0.15, -0.1) is 24.2 Å². The summed E-state index contributed by atoms with van der Waals surface area (Å²) in [6.07, 6.45) is 1.35. The second-order valence-corrected chi connectivity index (χ2v) is 3.91. The summed E-state index contributed by atoms with van der Waals surface area (Å²) in [5, 5.41) is 0. The molecule has 3 heteroatoms. The van der Waals surface area contributed by atoms with Gasteiger partial charge in [-0.2, -0.15) is 0 Å². The smallest absolute Gasteiger partial charge is 0.151 e. The number of carbonyl (C=O) groups is 1. The number of alkyl halides is 1. The molecular formula is C11H13ClOS. The Bertz CT molecular complexity index is 336. The van der Waals surface area contributed by atoms with Crippen LogP contribution in [-0.2, 0) is 17.6 Å². The molecule has 1 nitrogen and oxygen atoms in total. The molecule has 0 saturated carbocycles. The molecule has 0 aliphatic rings. The maximum Gasteiger partial charge on any atom is 0.151 e. The second-order valence-electron chi connectivity index (χ2n) is 3.17. The summed E-state index contributed by atoms with van der Waals surface area (Å²) in [5.74, 6) is 0.110. The van der Waals surface area contributed by atoms with Gasteiger partial charge in [0.2, 0.25) is 0 Å². The lowest BCUT2D eigenvalue weighted by Gasteiger charge is -2.05. The third kappa shape index (κ3) is 3.03. The summed E-state index contributed by atoms with van der Waals surface area (Å²) >= 11 is 9.76. The van der Waals surface area contributed by atoms with Crippen LogP contribution in [0.5, 0.6) is 0 Å². The van der Waals surface area contributed by atoms with Crippen LogP contribution < -0.4 is 0 Å². The number of halogens is 1. The predicted octanol–water partition coefficient (Wildman–Crippen LogP) is 2.89. The number of thiol groups is 1. The van der Waals surface area contributed by atoms with Gasteiger partial charge in [0.25, 0.3) is 0 Å². The predicted molar refractivity (Wildman–Crippen MR) is 62.5 cm³/mol. The number of carbonyl (C=O) groups excluding carboxylic acids is 1. The molecule has 0 atom stereocenters. The van der Waals surface area contributed by atoms with E-state index in [2.05, 4.69) is 19.6 Å². The van der Waals surface area contributed by atoms with Gasteiger partial charge >= 0.3 is 0 Å². The van der Waals surface area contributed by atoms with Crippen molar-refractivity contribution >= 4 is 30.0 Å². The van der Waals surface area contributed by atoms with E-state index < -0.39 is 0 Å². The van der Waals surface area contributed by atoms with Gasteiger partial charge in [-0.05, 0) is 23.6 Å². The topological polar surface area (TPSA) is 17.1 Å². The first-order chi connectivity index (χ1) is 6.67. The zero-order chi connectivity index (χ0) is 10.6. The highest BCUT2D eigenvalue weighted by Crippen LogP contribution is 2.17. The van der Waals surface area contributed by atoms with Crippen molar-refractivity contribution in [1.29, 1.82) is 0 Å². The van der Waals surface area contributed by atoms with Crippen molar-refractivity contribution in [2.45, 2.75) is 24.7 Å². The fourth-order valence-corrected chi connectivity index (χ4v) is 1.57. The van der Waals surface area contributed by atoms with E-state index in [1.807, 2.05) is 18.2 Å². The van der Waals surface area contributed by atoms with Crippen LogP contribution >= 0.6 is 24.2 Å². The monoisotopic (exact) mass is 228 g/mol. The molecule has 0 radical (unpaired) electrons. The Morgan fingerprint density at radius 1 is 1.50 bits per heavy atom. The molecule has 0 N–H and O–H groups in total. The minimum atomic E-state index is 0.0372. The minimum Gasteiger partial charge on any atom is -0.298 e. The van der Waals surface area contributed by atoms with Crippen molar-refractivity contribution in [1.82, 2.24) is 0 Å². The van der Waals surface area contributed by atoms with E-state index in [1.54, 1.807) is 0 Å². The molecule has 0 fully saturated rings. The quantitative estimate of drug-likeness (QED) is 0.620. The number of hydrogen-bond acceptors (Lipinski definition) is 2. The van der Waals surface area contributed by atoms with Gasteiger partial charge in [0.15, 0.2) is 5.78 Å². The molecule has 0 unspecified atom stereocenters. The van der Waals surface area contributed by atoms with E-state index in [-0.39, 0.29) is 11.7 Å². The highest BCUT2D eigenvalue weighted by molar-refractivity contribution is 7.80. The number of rotatable bonds is 4. The summed E-state index contributed by atoms with van der Waals surface area (Å²) < 4.78 is 0. The highest BCUT2D eigenvalue weighted by atomic mass is 35.5. The van der Waals surface area contributed by atoms with Gasteiger partial charge in [0.1, 0.15) is 0 Å². The largest absolute Gasteiger partial charge is 0.298 e. The number of benzene rings is 1. The molecule has 0 saturated heterocycles. The molecule has 0 aliphatic heterocycles. The second kappa shape index (κ2) is 5.42. The molecule has 0 bridgehead atoms. The number of aryl methyl sites for hydroxylation is 1. The Morgan fingerprint density at radius 2 is 2.21 bits per heavy atom. The van der Waals surface area contributed by atoms with Crippen LogP contribution in [0.2, 0.25) is 0 Å². The standard InChI is InChI=1S/C11H13ClOS/c1-2-8-3-4-11(14)9(5-8)6-10(13)7-12/h3-5,14H,2,6-7H2,1H3. The minimum absolute atomic E-state index is 0.0372. The summed E-state index contributed by atoms with van der Waals surface area (Å²) in [6, 6.07) is 5.97. The lowest BCUT2D eigenvalue weighted by molar-refractivity contribution is -0.116. The normalized spacial score (nSPS) is 10.2. The Hall–Kier alpha value is -0.470. The third-order valence-electron chi connectivity index (χ3n) is 2.09. The Labute approximate surface area is 94.9 Å². The number of hydrogen-bond donors (Lipinski definition) is 1. The molecule has 1 aromatic carbocycles. The van der Waals surface area contributed by atoms with Crippen molar-refractivity contribution in [3.8, 4) is 0 Å². The van der Waals surface area contributed by atoms with Gasteiger partial charge in [-0.25, -0.2) is 0 Å². The van der Waals surface area contributed by atoms with Crippen LogP contribution in [0, 0.1) is 0 Å². The molecule has 0 aliphatic carbocycles. The SMILES string of the molecule is CCc1ccc(S)c(CC(=O)CCl)c1. The molecule has 0 spiro atoms. The van der Waals surface area contributed by atoms with E-state index in [0.717, 1.165) is 16.9 Å². The molecule has 0 amide bonds. The van der Waals surface area contributed by atoms with Crippen molar-refractivity contribution in [2.75, 3.05) is 5.88 Å². The fraction of sp³-hybridized carbons (Fsp3) is 0.364. The third-order valence-corrected chi connectivity index (χ3v) is 2.82. The molecule has 14 heavy (non-hydrogen) atoms. The van der Waals surface area contributed by atoms with E-state index in [9.17, 15) is 4.79 Å². The van der Waals surface area contributed by atoms with Crippen LogP contribution in [0.1, 0.15) is 18.1 Å². The first-order valence-corrected chi connectivity index (χ1v) is 5.54. The maximum absolute atomic E-state index is 11.2. The average molecular weight is 229 g/mol. The summed E-state index contributed by atoms with van der Waals surface area (Å²) in [4.78, 5) is 12.0. The first-order valence-electron chi connectivity index (χ1n) is 4.55. The van der Waals surface area contributed by atoms with E-state index in [0.29, 0.717) is 6.42 Å². The lowest BCUT2D eigenvalue weighted by Crippen LogP contribution is -2.04. The van der Waals surface area contributed by atoms with Crippen LogP contribution in [-0.4, -0.2) is 11.7 Å². The number of ketones is 1. The molecule has 76 valence electrons. The fourth-order valence-electron chi connectivity index (χ4n) is 1.26. The molecular weight excluding hydrogens is 216 g/mol. The molecule has 0 heterocycles. The van der Waals surface area contributed by atoms with Crippen LogP contribution in [0.4, 0.5) is 0 Å². The van der Waals surface area contributed by atoms with Crippen molar-refractivity contribution in [2.24, 2.45) is 0 Å². The molecule has 1 rings (SSSR count). The van der Waals surface area contributed by atoms with E-state index in [1.165, 1.54) is 5.56 Å². The van der Waals surface area contributed by atoms with Gasteiger partial charge in [-0.1, -0.05) is 19.1 Å². The zero-order valence-electron chi connectivity index (χ0n) is 8.09. The van der Waals surface area contributed by atoms with Crippen molar-refractivity contribution in [3.05, 3.63) is 29.3 Å². The van der Waals surface area contributed by atoms with Crippen molar-refractivity contribution < 1.29 is 4.79 Å². The summed E-state index contributed by atoms with van der Waals surface area (Å²) in [5.41, 5.74) is 2.19. The maximum atomic E-state index is 11.2. The Balaban J connectivity index is 2.89. The van der Waals surface area contributed by atoms with Crippen LogP contribution in [0.15, 0.2) is 23.1 Å². The van der Waals surface area contributed by atoms with E-state index >= 15 is 0 Å². The first kappa shape index (κ1) is 11.6. The van der Waals surface area contributed by atoms with Gasteiger partial charge in [-0.3, -0.25) is 4.79 Å². The van der Waals surface area contributed by atoms with Crippen LogP contribution in [0.25, 0.3) is 0 Å². The zero-order valence-corrected chi connectivity index (χ0v) is 9.74. The Morgan fingerprint density at radius 3 is 2.79 bits per heavy atom. The highest BCUT2D eigenvalue weighted by Gasteiger charge is 2.05. The Kier molecular flexibility index (Phi) is 4.49. The summed E-state index contributed by atoms with van der Waals surface area (Å²) in [7, 11) is 0. The van der Waals surface area contributed by atoms with Gasteiger partial charge in [0, 0.05) is 11.3 Å². The summed E-state index contributed by atoms with van der Waals surface area (Å²) in [6.45, 7) is 2.08. The molecule has 0 aromatic heterocycles. The van der Waals surface area contributed by atoms with E-state index in [4.69, 9.17) is 11.6 Å². The van der Waals surface area contributed by atoms with Gasteiger partial charge in [0.05, 0.1) is 5.88 Å². The lowest BCUT2D eigenvalue weighted by atomic mass is 10.0. The average Bonchev–Trinajstić information content (AvgIpc) is 2.21. The van der Waals surface area contributed by atoms with Gasteiger partial charge < -0.3 is 0 Å². The number of Topliss-reactive ketones (excluding diaryl/α,β-unsaturated/α-hetero) is 1. The van der Waals surface area contributed by atoms with Crippen molar-refractivity contribution in [3.63, 3.8) is 0 Å².